The highest BCUT2D eigenvalue weighted by molar-refractivity contribution is 9.10. The predicted molar refractivity (Wildman–Crippen MR) is 91.3 cm³/mol. The molecule has 3 rings (SSSR count). The number of amides is 1. The smallest absolute Gasteiger partial charge is 0.247 e. The molecule has 0 aliphatic carbocycles. The van der Waals surface area contributed by atoms with Crippen LogP contribution in [0, 0.1) is 0 Å². The number of carbonyl (C=O) groups is 1. The zero-order chi connectivity index (χ0) is 14.8. The maximum absolute atomic E-state index is 12.5. The van der Waals surface area contributed by atoms with Crippen LogP contribution in [-0.2, 0) is 11.2 Å². The summed E-state index contributed by atoms with van der Waals surface area (Å²) >= 11 is 5.29. The number of hydrogen-bond donors (Lipinski definition) is 0. The van der Waals surface area contributed by atoms with Crippen molar-refractivity contribution in [2.45, 2.75) is 19.4 Å². The second-order valence-corrected chi connectivity index (χ2v) is 6.97. The quantitative estimate of drug-likeness (QED) is 0.711. The minimum absolute atomic E-state index is 0.0788. The first-order valence-corrected chi connectivity index (χ1v) is 8.63. The Kier molecular flexibility index (Phi) is 4.27. The fraction of sp³-hybridized carbons (Fsp3) is 0.235. The molecule has 4 heteroatoms. The van der Waals surface area contributed by atoms with Gasteiger partial charge in [0.1, 0.15) is 0 Å². The summed E-state index contributed by atoms with van der Waals surface area (Å²) in [6.07, 6.45) is 4.52. The summed E-state index contributed by atoms with van der Waals surface area (Å²) < 4.78 is 1.00. The summed E-state index contributed by atoms with van der Waals surface area (Å²) in [6, 6.07) is 10.2. The van der Waals surface area contributed by atoms with Gasteiger partial charge in [0, 0.05) is 22.0 Å². The Morgan fingerprint density at radius 1 is 1.38 bits per heavy atom. The molecule has 108 valence electrons. The highest BCUT2D eigenvalue weighted by Gasteiger charge is 2.26. The summed E-state index contributed by atoms with van der Waals surface area (Å²) in [5, 5.41) is 2.12. The van der Waals surface area contributed by atoms with Crippen LogP contribution in [0.2, 0.25) is 0 Å². The van der Waals surface area contributed by atoms with E-state index in [1.165, 1.54) is 10.4 Å². The van der Waals surface area contributed by atoms with Crippen molar-refractivity contribution in [3.05, 3.63) is 62.3 Å². The van der Waals surface area contributed by atoms with E-state index in [9.17, 15) is 4.79 Å². The molecule has 0 spiro atoms. The molecule has 0 saturated carbocycles. The van der Waals surface area contributed by atoms with Crippen molar-refractivity contribution in [1.82, 2.24) is 4.90 Å². The minimum atomic E-state index is 0.0788. The first-order valence-electron chi connectivity index (χ1n) is 6.96. The lowest BCUT2D eigenvalue weighted by Gasteiger charge is -2.32. The lowest BCUT2D eigenvalue weighted by Crippen LogP contribution is -2.37. The SMILES string of the molecule is CC1c2ccsc2CCN1C(=O)/C=C/c1ccccc1Br. The fourth-order valence-corrected chi connectivity index (χ4v) is 4.06. The lowest BCUT2D eigenvalue weighted by molar-refractivity contribution is -0.128. The van der Waals surface area contributed by atoms with E-state index in [0.29, 0.717) is 0 Å². The van der Waals surface area contributed by atoms with Gasteiger partial charge in [-0.15, -0.1) is 11.3 Å². The molecular weight excluding hydrogens is 346 g/mol. The minimum Gasteiger partial charge on any atom is -0.332 e. The number of halogens is 1. The monoisotopic (exact) mass is 361 g/mol. The molecule has 1 atom stereocenters. The summed E-state index contributed by atoms with van der Waals surface area (Å²) in [5.41, 5.74) is 2.32. The molecule has 1 amide bonds. The molecule has 0 bridgehead atoms. The molecule has 21 heavy (non-hydrogen) atoms. The number of fused-ring (bicyclic) bond motifs is 1. The van der Waals surface area contributed by atoms with Gasteiger partial charge >= 0.3 is 0 Å². The summed E-state index contributed by atoms with van der Waals surface area (Å²) in [4.78, 5) is 15.8. The Labute approximate surface area is 137 Å². The molecule has 0 radical (unpaired) electrons. The van der Waals surface area contributed by atoms with Crippen LogP contribution in [0.15, 0.2) is 46.3 Å². The van der Waals surface area contributed by atoms with Gasteiger partial charge in [-0.1, -0.05) is 34.1 Å². The number of carbonyl (C=O) groups excluding carboxylic acids is 1. The van der Waals surface area contributed by atoms with Gasteiger partial charge in [-0.3, -0.25) is 4.79 Å². The Balaban J connectivity index is 1.76. The maximum Gasteiger partial charge on any atom is 0.247 e. The summed E-state index contributed by atoms with van der Waals surface area (Å²) in [7, 11) is 0. The van der Waals surface area contributed by atoms with Gasteiger partial charge in [0.05, 0.1) is 6.04 Å². The predicted octanol–water partition coefficient (Wildman–Crippen LogP) is 4.67. The molecule has 2 nitrogen and oxygen atoms in total. The molecule has 1 aromatic heterocycles. The second kappa shape index (κ2) is 6.16. The third-order valence-electron chi connectivity index (χ3n) is 3.87. The molecule has 0 fully saturated rings. The van der Waals surface area contributed by atoms with Crippen molar-refractivity contribution in [1.29, 1.82) is 0 Å². The van der Waals surface area contributed by atoms with E-state index in [2.05, 4.69) is 34.3 Å². The first-order chi connectivity index (χ1) is 10.2. The van der Waals surface area contributed by atoms with E-state index < -0.39 is 0 Å². The van der Waals surface area contributed by atoms with Gasteiger partial charge in [-0.25, -0.2) is 0 Å². The van der Waals surface area contributed by atoms with Gasteiger partial charge < -0.3 is 4.90 Å². The van der Waals surface area contributed by atoms with Crippen LogP contribution in [0.4, 0.5) is 0 Å². The van der Waals surface area contributed by atoms with E-state index in [-0.39, 0.29) is 11.9 Å². The average Bonchev–Trinajstić information content (AvgIpc) is 2.96. The normalized spacial score (nSPS) is 18.0. The van der Waals surface area contributed by atoms with Gasteiger partial charge in [0.2, 0.25) is 5.91 Å². The molecule has 0 N–H and O–H groups in total. The lowest BCUT2D eigenvalue weighted by atomic mass is 10.0. The molecule has 2 aromatic rings. The summed E-state index contributed by atoms with van der Waals surface area (Å²) in [5.74, 6) is 0.0788. The van der Waals surface area contributed by atoms with Gasteiger partial charge in [0.25, 0.3) is 0 Å². The van der Waals surface area contributed by atoms with Crippen LogP contribution < -0.4 is 0 Å². The Hall–Kier alpha value is -1.39. The zero-order valence-corrected chi connectivity index (χ0v) is 14.2. The van der Waals surface area contributed by atoms with Crippen LogP contribution in [0.25, 0.3) is 6.08 Å². The van der Waals surface area contributed by atoms with Gasteiger partial charge in [-0.05, 0) is 48.1 Å². The molecular formula is C17H16BrNOS. The fourth-order valence-electron chi connectivity index (χ4n) is 2.68. The van der Waals surface area contributed by atoms with Crippen LogP contribution in [0.1, 0.15) is 29.0 Å². The van der Waals surface area contributed by atoms with Gasteiger partial charge in [0.15, 0.2) is 0 Å². The Bertz CT molecular complexity index is 692. The Morgan fingerprint density at radius 2 is 2.19 bits per heavy atom. The van der Waals surface area contributed by atoms with Crippen molar-refractivity contribution in [2.24, 2.45) is 0 Å². The van der Waals surface area contributed by atoms with E-state index in [4.69, 9.17) is 0 Å². The van der Waals surface area contributed by atoms with Crippen molar-refractivity contribution in [3.8, 4) is 0 Å². The van der Waals surface area contributed by atoms with E-state index in [1.54, 1.807) is 17.4 Å². The summed E-state index contributed by atoms with van der Waals surface area (Å²) in [6.45, 7) is 2.91. The van der Waals surface area contributed by atoms with Crippen molar-refractivity contribution in [3.63, 3.8) is 0 Å². The molecule has 1 unspecified atom stereocenters. The van der Waals surface area contributed by atoms with Crippen LogP contribution in [-0.4, -0.2) is 17.4 Å². The van der Waals surface area contributed by atoms with E-state index >= 15 is 0 Å². The molecule has 2 heterocycles. The molecule has 1 aliphatic heterocycles. The van der Waals surface area contributed by atoms with Crippen LogP contribution in [0.5, 0.6) is 0 Å². The van der Waals surface area contributed by atoms with Crippen molar-refractivity contribution in [2.75, 3.05) is 6.54 Å². The average molecular weight is 362 g/mol. The molecule has 1 aliphatic rings. The second-order valence-electron chi connectivity index (χ2n) is 5.11. The van der Waals surface area contributed by atoms with Crippen molar-refractivity contribution >= 4 is 39.2 Å². The highest BCUT2D eigenvalue weighted by atomic mass is 79.9. The largest absolute Gasteiger partial charge is 0.332 e. The number of hydrogen-bond acceptors (Lipinski definition) is 2. The van der Waals surface area contributed by atoms with Crippen LogP contribution in [0.3, 0.4) is 0 Å². The third kappa shape index (κ3) is 2.97. The van der Waals surface area contributed by atoms with Gasteiger partial charge in [-0.2, -0.15) is 0 Å². The number of thiophene rings is 1. The number of nitrogens with zero attached hydrogens (tertiary/aromatic N) is 1. The van der Waals surface area contributed by atoms with E-state index in [1.807, 2.05) is 35.2 Å². The maximum atomic E-state index is 12.5. The standard InChI is InChI=1S/C17H16BrNOS/c1-12-14-9-11-21-16(14)8-10-19(12)17(20)7-6-13-4-2-3-5-15(13)18/h2-7,9,11-12H,8,10H2,1H3/b7-6+. The zero-order valence-electron chi connectivity index (χ0n) is 11.8. The highest BCUT2D eigenvalue weighted by Crippen LogP contribution is 2.33. The topological polar surface area (TPSA) is 20.3 Å². The first kappa shape index (κ1) is 14.5. The van der Waals surface area contributed by atoms with E-state index in [0.717, 1.165) is 23.0 Å². The number of rotatable bonds is 2. The van der Waals surface area contributed by atoms with Crippen LogP contribution >= 0.6 is 27.3 Å². The third-order valence-corrected chi connectivity index (χ3v) is 5.59. The van der Waals surface area contributed by atoms with Crippen molar-refractivity contribution < 1.29 is 4.79 Å². The number of benzene rings is 1. The molecule has 0 saturated heterocycles. The Morgan fingerprint density at radius 3 is 3.00 bits per heavy atom. The molecule has 1 aromatic carbocycles.